The van der Waals surface area contributed by atoms with Crippen molar-refractivity contribution in [2.75, 3.05) is 6.54 Å². The zero-order chi connectivity index (χ0) is 13.4. The van der Waals surface area contributed by atoms with Crippen LogP contribution in [0.5, 0.6) is 0 Å². The predicted octanol–water partition coefficient (Wildman–Crippen LogP) is 0.783. The van der Waals surface area contributed by atoms with Gasteiger partial charge in [0.2, 0.25) is 5.91 Å². The molecule has 0 spiro atoms. The lowest BCUT2D eigenvalue weighted by Gasteiger charge is -2.32. The molecule has 1 amide bonds. The van der Waals surface area contributed by atoms with Gasteiger partial charge < -0.3 is 10.6 Å². The third-order valence-corrected chi connectivity index (χ3v) is 3.48. The lowest BCUT2D eigenvalue weighted by atomic mass is 9.98. The second kappa shape index (κ2) is 4.37. The molecular formula is C13H10N4OS. The van der Waals surface area contributed by atoms with E-state index in [1.807, 2.05) is 30.3 Å². The molecule has 0 radical (unpaired) electrons. The lowest BCUT2D eigenvalue weighted by Crippen LogP contribution is -2.45. The van der Waals surface area contributed by atoms with Crippen molar-refractivity contribution < 1.29 is 4.79 Å². The number of carbonyl (C=O) groups excluding carboxylic acids is 1. The maximum atomic E-state index is 11.5. The molecule has 2 aliphatic rings. The molecule has 6 heteroatoms. The Labute approximate surface area is 115 Å². The van der Waals surface area contributed by atoms with Gasteiger partial charge in [0, 0.05) is 0 Å². The van der Waals surface area contributed by atoms with Gasteiger partial charge in [-0.15, -0.1) is 0 Å². The topological polar surface area (TPSA) is 68.2 Å². The molecule has 0 bridgehead atoms. The van der Waals surface area contributed by atoms with E-state index in [9.17, 15) is 10.1 Å². The maximum absolute atomic E-state index is 11.5. The van der Waals surface area contributed by atoms with Crippen molar-refractivity contribution >= 4 is 23.2 Å². The average molecular weight is 270 g/mol. The normalized spacial score (nSPS) is 21.6. The Bertz CT molecular complexity index is 632. The monoisotopic (exact) mass is 270 g/mol. The molecular weight excluding hydrogens is 260 g/mol. The highest BCUT2D eigenvalue weighted by Gasteiger charge is 2.37. The first-order valence-corrected chi connectivity index (χ1v) is 6.18. The van der Waals surface area contributed by atoms with E-state index in [1.165, 1.54) is 0 Å². The van der Waals surface area contributed by atoms with Gasteiger partial charge in [-0.05, 0) is 17.8 Å². The molecule has 0 saturated carbocycles. The van der Waals surface area contributed by atoms with Crippen molar-refractivity contribution in [2.45, 2.75) is 6.04 Å². The van der Waals surface area contributed by atoms with Gasteiger partial charge >= 0.3 is 0 Å². The summed E-state index contributed by atoms with van der Waals surface area (Å²) in [6.07, 6.45) is 0. The molecule has 2 N–H and O–H groups in total. The van der Waals surface area contributed by atoms with Crippen molar-refractivity contribution in [3.63, 3.8) is 0 Å². The van der Waals surface area contributed by atoms with Gasteiger partial charge in [-0.25, -0.2) is 0 Å². The van der Waals surface area contributed by atoms with E-state index >= 15 is 0 Å². The van der Waals surface area contributed by atoms with E-state index in [0.717, 1.165) is 5.56 Å². The molecule has 0 aromatic heterocycles. The first-order chi connectivity index (χ1) is 9.20. The van der Waals surface area contributed by atoms with Gasteiger partial charge in [0.25, 0.3) is 0 Å². The summed E-state index contributed by atoms with van der Waals surface area (Å²) in [7, 11) is 0. The number of amides is 1. The van der Waals surface area contributed by atoms with Crippen LogP contribution < -0.4 is 10.6 Å². The van der Waals surface area contributed by atoms with E-state index in [0.29, 0.717) is 16.5 Å². The highest BCUT2D eigenvalue weighted by molar-refractivity contribution is 7.80. The standard InChI is InChI=1S/C13H10N4OS/c14-6-9-11(8-4-2-1-3-5-8)16-13(19)17-7-10(18)15-12(9)17/h1-5,11H,7H2,(H,15,18)(H,16,19). The molecule has 1 saturated heterocycles. The Balaban J connectivity index is 2.10. The highest BCUT2D eigenvalue weighted by atomic mass is 32.1. The summed E-state index contributed by atoms with van der Waals surface area (Å²) in [5, 5.41) is 15.6. The van der Waals surface area contributed by atoms with Crippen molar-refractivity contribution in [1.82, 2.24) is 15.5 Å². The van der Waals surface area contributed by atoms with Gasteiger partial charge in [0.15, 0.2) is 5.11 Å². The first-order valence-electron chi connectivity index (χ1n) is 5.78. The molecule has 2 aliphatic heterocycles. The fourth-order valence-electron chi connectivity index (χ4n) is 2.27. The Hall–Kier alpha value is -2.39. The summed E-state index contributed by atoms with van der Waals surface area (Å²) >= 11 is 5.25. The smallest absolute Gasteiger partial charge is 0.245 e. The lowest BCUT2D eigenvalue weighted by molar-refractivity contribution is -0.118. The Morgan fingerprint density at radius 2 is 2.11 bits per heavy atom. The second-order valence-corrected chi connectivity index (χ2v) is 4.69. The number of nitrogens with one attached hydrogen (secondary N) is 2. The van der Waals surface area contributed by atoms with E-state index in [-0.39, 0.29) is 18.5 Å². The predicted molar refractivity (Wildman–Crippen MR) is 72.4 cm³/mol. The second-order valence-electron chi connectivity index (χ2n) is 4.30. The summed E-state index contributed by atoms with van der Waals surface area (Å²) < 4.78 is 0. The van der Waals surface area contributed by atoms with Crippen LogP contribution in [-0.2, 0) is 4.79 Å². The van der Waals surface area contributed by atoms with Gasteiger partial charge in [0.1, 0.15) is 18.4 Å². The molecule has 3 rings (SSSR count). The van der Waals surface area contributed by atoms with Gasteiger partial charge in [-0.2, -0.15) is 5.26 Å². The van der Waals surface area contributed by atoms with Gasteiger partial charge in [-0.3, -0.25) is 9.69 Å². The van der Waals surface area contributed by atoms with E-state index in [2.05, 4.69) is 16.7 Å². The molecule has 94 valence electrons. The van der Waals surface area contributed by atoms with E-state index < -0.39 is 0 Å². The molecule has 1 fully saturated rings. The number of nitrogens with zero attached hydrogens (tertiary/aromatic N) is 2. The van der Waals surface area contributed by atoms with Crippen LogP contribution in [0.15, 0.2) is 41.7 Å². The van der Waals surface area contributed by atoms with Crippen LogP contribution in [0.1, 0.15) is 11.6 Å². The minimum absolute atomic E-state index is 0.152. The number of thiocarbonyl (C=S) groups is 1. The molecule has 1 atom stereocenters. The van der Waals surface area contributed by atoms with E-state index in [1.54, 1.807) is 4.90 Å². The number of nitriles is 1. The molecule has 1 unspecified atom stereocenters. The van der Waals surface area contributed by atoms with Crippen LogP contribution in [0.4, 0.5) is 0 Å². The van der Waals surface area contributed by atoms with Crippen LogP contribution in [0.2, 0.25) is 0 Å². The van der Waals surface area contributed by atoms with Crippen molar-refractivity contribution in [2.24, 2.45) is 0 Å². The number of fused-ring (bicyclic) bond motifs is 1. The highest BCUT2D eigenvalue weighted by Crippen LogP contribution is 2.30. The third kappa shape index (κ3) is 1.84. The van der Waals surface area contributed by atoms with Crippen LogP contribution in [0.25, 0.3) is 0 Å². The molecule has 19 heavy (non-hydrogen) atoms. The third-order valence-electron chi connectivity index (χ3n) is 3.14. The van der Waals surface area contributed by atoms with Crippen LogP contribution >= 0.6 is 12.2 Å². The quantitative estimate of drug-likeness (QED) is 0.738. The van der Waals surface area contributed by atoms with E-state index in [4.69, 9.17) is 12.2 Å². The number of hydrogen-bond acceptors (Lipinski definition) is 3. The van der Waals surface area contributed by atoms with Gasteiger partial charge in [0.05, 0.1) is 11.6 Å². The number of carbonyl (C=O) groups is 1. The summed E-state index contributed by atoms with van der Waals surface area (Å²) in [5.74, 6) is 0.353. The van der Waals surface area contributed by atoms with Crippen LogP contribution in [-0.4, -0.2) is 22.5 Å². The SMILES string of the molecule is N#CC1=C2NC(=O)CN2C(=S)NC1c1ccccc1. The Morgan fingerprint density at radius 1 is 1.37 bits per heavy atom. The average Bonchev–Trinajstić information content (AvgIpc) is 2.82. The first kappa shape index (κ1) is 11.7. The van der Waals surface area contributed by atoms with Crippen LogP contribution in [0.3, 0.4) is 0 Å². The Morgan fingerprint density at radius 3 is 2.79 bits per heavy atom. The summed E-state index contributed by atoms with van der Waals surface area (Å²) in [6, 6.07) is 11.4. The zero-order valence-corrected chi connectivity index (χ0v) is 10.7. The summed E-state index contributed by atoms with van der Waals surface area (Å²) in [6.45, 7) is 0.161. The Kier molecular flexibility index (Phi) is 2.69. The molecule has 1 aromatic carbocycles. The molecule has 0 aliphatic carbocycles. The summed E-state index contributed by atoms with van der Waals surface area (Å²) in [4.78, 5) is 13.1. The zero-order valence-electron chi connectivity index (χ0n) is 9.88. The largest absolute Gasteiger partial charge is 0.350 e. The molecule has 2 heterocycles. The van der Waals surface area contributed by atoms with Crippen molar-refractivity contribution in [3.8, 4) is 6.07 Å². The van der Waals surface area contributed by atoms with Crippen LogP contribution in [0, 0.1) is 11.3 Å². The molecule has 5 nitrogen and oxygen atoms in total. The number of hydrogen-bond donors (Lipinski definition) is 2. The van der Waals surface area contributed by atoms with Gasteiger partial charge in [-0.1, -0.05) is 30.3 Å². The molecule has 1 aromatic rings. The minimum atomic E-state index is -0.316. The van der Waals surface area contributed by atoms with Crippen molar-refractivity contribution in [1.29, 1.82) is 5.26 Å². The fourth-order valence-corrected chi connectivity index (χ4v) is 2.54. The maximum Gasteiger partial charge on any atom is 0.245 e. The minimum Gasteiger partial charge on any atom is -0.350 e. The van der Waals surface area contributed by atoms with Crippen molar-refractivity contribution in [3.05, 3.63) is 47.3 Å². The fraction of sp³-hybridized carbons (Fsp3) is 0.154. The number of rotatable bonds is 1. The summed E-state index contributed by atoms with van der Waals surface area (Å²) in [5.41, 5.74) is 1.42. The number of benzene rings is 1.